The van der Waals surface area contributed by atoms with Gasteiger partial charge in [0.05, 0.1) is 30.2 Å². The fourth-order valence-electron chi connectivity index (χ4n) is 2.32. The number of benzene rings is 1. The maximum Gasteiger partial charge on any atom is 0.254 e. The number of ether oxygens (including phenoxy) is 1. The van der Waals surface area contributed by atoms with Crippen molar-refractivity contribution in [3.8, 4) is 5.75 Å². The predicted molar refractivity (Wildman–Crippen MR) is 93.2 cm³/mol. The molecule has 2 N–H and O–H groups in total. The lowest BCUT2D eigenvalue weighted by atomic mass is 10.1. The molecule has 0 unspecified atom stereocenters. The Morgan fingerprint density at radius 1 is 1.38 bits per heavy atom. The smallest absolute Gasteiger partial charge is 0.254 e. The number of hydrogen-bond donors (Lipinski definition) is 2. The average molecular weight is 352 g/mol. The first kappa shape index (κ1) is 10.1. The van der Waals surface area contributed by atoms with Gasteiger partial charge in [-0.05, 0) is 18.2 Å². The highest BCUT2D eigenvalue weighted by atomic mass is 35.5. The Bertz CT molecular complexity index is 1110. The third-order valence-electron chi connectivity index (χ3n) is 3.39. The second-order valence-electron chi connectivity index (χ2n) is 4.77. The first-order valence-corrected chi connectivity index (χ1v) is 7.09. The van der Waals surface area contributed by atoms with Crippen molar-refractivity contribution >= 4 is 39.8 Å². The summed E-state index contributed by atoms with van der Waals surface area (Å²) in [6, 6.07) is 4.56. The number of fused-ring (bicyclic) bond motifs is 1. The zero-order chi connectivity index (χ0) is 22.3. The number of nitrogens with one attached hydrogen (secondary N) is 2. The van der Waals surface area contributed by atoms with E-state index in [9.17, 15) is 4.79 Å². The zero-order valence-corrected chi connectivity index (χ0v) is 13.2. The molecule has 7 nitrogen and oxygen atoms in total. The third-order valence-corrected chi connectivity index (χ3v) is 3.60. The topological polar surface area (TPSA) is 81.1 Å². The Hall–Kier alpha value is -2.80. The van der Waals surface area contributed by atoms with Gasteiger partial charge in [0, 0.05) is 33.8 Å². The minimum absolute atomic E-state index is 0.0514. The van der Waals surface area contributed by atoms with Crippen molar-refractivity contribution in [3.63, 3.8) is 0 Å². The molecule has 1 amide bonds. The summed E-state index contributed by atoms with van der Waals surface area (Å²) >= 11 is 5.94. The van der Waals surface area contributed by atoms with Gasteiger partial charge in [-0.15, -0.1) is 0 Å². The number of anilines is 2. The SMILES string of the molecule is [2H]C([2H])([2H])NC(=O)c1cnc(Cl)cc1Nc1ccc2cnn(C([2H])([2H])[2H])c2c1OC. The summed E-state index contributed by atoms with van der Waals surface area (Å²) in [5.74, 6) is -0.731. The minimum Gasteiger partial charge on any atom is -0.492 e. The number of rotatable bonds is 4. The second-order valence-corrected chi connectivity index (χ2v) is 5.16. The van der Waals surface area contributed by atoms with Crippen molar-refractivity contribution in [1.29, 1.82) is 0 Å². The molecule has 8 heteroatoms. The number of carbonyl (C=O) groups excluding carboxylic acids is 1. The summed E-state index contributed by atoms with van der Waals surface area (Å²) in [6.45, 7) is -5.24. The van der Waals surface area contributed by atoms with Crippen LogP contribution in [-0.4, -0.2) is 34.8 Å². The molecule has 0 spiro atoms. The largest absolute Gasteiger partial charge is 0.492 e. The summed E-state index contributed by atoms with van der Waals surface area (Å²) in [5.41, 5.74) is 0.591. The first-order valence-electron chi connectivity index (χ1n) is 9.71. The van der Waals surface area contributed by atoms with Gasteiger partial charge in [-0.1, -0.05) is 11.6 Å². The van der Waals surface area contributed by atoms with Crippen LogP contribution in [0.4, 0.5) is 11.4 Å². The van der Waals surface area contributed by atoms with E-state index in [1.807, 2.05) is 5.32 Å². The lowest BCUT2D eigenvalue weighted by molar-refractivity contribution is 0.0963. The van der Waals surface area contributed by atoms with E-state index in [2.05, 4.69) is 15.4 Å². The van der Waals surface area contributed by atoms with Crippen LogP contribution >= 0.6 is 11.6 Å². The molecule has 0 aliphatic rings. The second kappa shape index (κ2) is 6.37. The maximum atomic E-state index is 12.4. The number of amides is 1. The van der Waals surface area contributed by atoms with Crippen molar-refractivity contribution in [2.24, 2.45) is 6.98 Å². The molecular weight excluding hydrogens is 330 g/mol. The molecule has 0 saturated heterocycles. The molecule has 0 radical (unpaired) electrons. The van der Waals surface area contributed by atoms with E-state index in [0.717, 1.165) is 10.9 Å². The molecule has 2 heterocycles. The van der Waals surface area contributed by atoms with Crippen LogP contribution in [0.25, 0.3) is 10.9 Å². The summed E-state index contributed by atoms with van der Waals surface area (Å²) in [6.07, 6.45) is 2.52. The van der Waals surface area contributed by atoms with Gasteiger partial charge in [0.25, 0.3) is 5.91 Å². The van der Waals surface area contributed by atoms with Crippen molar-refractivity contribution in [1.82, 2.24) is 20.1 Å². The van der Waals surface area contributed by atoms with Crippen LogP contribution in [0.15, 0.2) is 30.6 Å². The molecular formula is C16H16ClN5O2. The fraction of sp³-hybridized carbons (Fsp3) is 0.188. The molecule has 0 saturated carbocycles. The predicted octanol–water partition coefficient (Wildman–Crippen LogP) is 2.73. The summed E-state index contributed by atoms with van der Waals surface area (Å²) in [4.78, 5) is 16.2. The van der Waals surface area contributed by atoms with Crippen molar-refractivity contribution < 1.29 is 17.8 Å². The van der Waals surface area contributed by atoms with Crippen molar-refractivity contribution in [3.05, 3.63) is 41.3 Å². The van der Waals surface area contributed by atoms with E-state index < -0.39 is 19.9 Å². The van der Waals surface area contributed by atoms with Crippen LogP contribution in [0.2, 0.25) is 5.15 Å². The van der Waals surface area contributed by atoms with E-state index in [-0.39, 0.29) is 27.7 Å². The Morgan fingerprint density at radius 3 is 3.00 bits per heavy atom. The van der Waals surface area contributed by atoms with Gasteiger partial charge in [0.15, 0.2) is 5.75 Å². The number of aromatic nitrogens is 3. The molecule has 0 aliphatic heterocycles. The van der Waals surface area contributed by atoms with Gasteiger partial charge in [-0.3, -0.25) is 9.48 Å². The molecule has 2 aromatic heterocycles. The van der Waals surface area contributed by atoms with E-state index in [0.29, 0.717) is 11.1 Å². The first-order chi connectivity index (χ1) is 13.9. The maximum absolute atomic E-state index is 12.4. The lowest BCUT2D eigenvalue weighted by Crippen LogP contribution is -2.19. The van der Waals surface area contributed by atoms with Gasteiger partial charge in [-0.25, -0.2) is 4.98 Å². The third kappa shape index (κ3) is 2.74. The van der Waals surface area contributed by atoms with E-state index in [1.165, 1.54) is 19.4 Å². The summed E-state index contributed by atoms with van der Waals surface area (Å²) in [5, 5.41) is 9.32. The van der Waals surface area contributed by atoms with Crippen molar-refractivity contribution in [2.75, 3.05) is 19.4 Å². The zero-order valence-electron chi connectivity index (χ0n) is 18.4. The van der Waals surface area contributed by atoms with Crippen LogP contribution in [0.5, 0.6) is 5.75 Å². The lowest BCUT2D eigenvalue weighted by Gasteiger charge is -2.15. The summed E-state index contributed by atoms with van der Waals surface area (Å²) < 4.78 is 50.9. The molecule has 1 aromatic carbocycles. The average Bonchev–Trinajstić information content (AvgIpc) is 3.04. The number of halogens is 1. The fourth-order valence-corrected chi connectivity index (χ4v) is 2.48. The van der Waals surface area contributed by atoms with Gasteiger partial charge < -0.3 is 15.4 Å². The van der Waals surface area contributed by atoms with Crippen molar-refractivity contribution in [2.45, 2.75) is 0 Å². The van der Waals surface area contributed by atoms with Crippen LogP contribution in [0.3, 0.4) is 0 Å². The molecule has 124 valence electrons. The minimum atomic E-state index is -2.70. The molecule has 24 heavy (non-hydrogen) atoms. The number of methoxy groups -OCH3 is 1. The van der Waals surface area contributed by atoms with Crippen LogP contribution in [0, 0.1) is 0 Å². The highest BCUT2D eigenvalue weighted by molar-refractivity contribution is 6.29. The van der Waals surface area contributed by atoms with Crippen LogP contribution < -0.4 is 15.4 Å². The Balaban J connectivity index is 2.11. The Morgan fingerprint density at radius 2 is 2.25 bits per heavy atom. The van der Waals surface area contributed by atoms with E-state index >= 15 is 0 Å². The summed E-state index contributed by atoms with van der Waals surface area (Å²) in [7, 11) is 1.36. The number of carbonyl (C=O) groups is 1. The molecule has 0 bridgehead atoms. The number of hydrogen-bond acceptors (Lipinski definition) is 5. The molecule has 0 aliphatic carbocycles. The van der Waals surface area contributed by atoms with Gasteiger partial charge in [0.1, 0.15) is 10.7 Å². The highest BCUT2D eigenvalue weighted by Gasteiger charge is 2.16. The van der Waals surface area contributed by atoms with Crippen LogP contribution in [-0.2, 0) is 6.98 Å². The Labute approximate surface area is 152 Å². The van der Waals surface area contributed by atoms with E-state index in [4.69, 9.17) is 24.6 Å². The van der Waals surface area contributed by atoms with Gasteiger partial charge >= 0.3 is 0 Å². The highest BCUT2D eigenvalue weighted by Crippen LogP contribution is 2.36. The quantitative estimate of drug-likeness (QED) is 0.706. The number of aryl methyl sites for hydroxylation is 1. The van der Waals surface area contributed by atoms with Gasteiger partial charge in [-0.2, -0.15) is 5.10 Å². The monoisotopic (exact) mass is 351 g/mol. The number of nitrogens with zero attached hydrogens (tertiary/aromatic N) is 3. The molecule has 0 fully saturated rings. The standard InChI is InChI=1S/C16H16ClN5O2/c1-18-16(23)10-8-19-13(17)6-12(10)21-11-5-4-9-7-20-22(2)14(9)15(11)24-3/h4-8H,1-3H3,(H,18,23)(H,19,21)/i1D3,2D3. The van der Waals surface area contributed by atoms with Gasteiger partial charge in [0.2, 0.25) is 0 Å². The van der Waals surface area contributed by atoms with Crippen LogP contribution in [0.1, 0.15) is 18.6 Å². The molecule has 3 rings (SSSR count). The molecule has 3 aromatic rings. The Kier molecular flexibility index (Phi) is 2.69. The number of pyridine rings is 1. The molecule has 0 atom stereocenters. The normalized spacial score (nSPS) is 15.4. The van der Waals surface area contributed by atoms with E-state index in [1.54, 1.807) is 12.1 Å².